The summed E-state index contributed by atoms with van der Waals surface area (Å²) in [5.74, 6) is -0.115. The fourth-order valence-corrected chi connectivity index (χ4v) is 2.24. The minimum Gasteiger partial charge on any atom is -0.289 e. The fourth-order valence-electron chi connectivity index (χ4n) is 1.61. The van der Waals surface area contributed by atoms with Crippen molar-refractivity contribution in [1.29, 1.82) is 0 Å². The van der Waals surface area contributed by atoms with Crippen molar-refractivity contribution in [2.75, 3.05) is 6.26 Å². The molecule has 0 N–H and O–H groups in total. The SMILES string of the molecule is CS(=O)(=O)c1ccc(C(=O)c2ccccc2)cc1. The summed E-state index contributed by atoms with van der Waals surface area (Å²) in [7, 11) is -3.22. The van der Waals surface area contributed by atoms with Gasteiger partial charge in [0.15, 0.2) is 15.6 Å². The average Bonchev–Trinajstić information content (AvgIpc) is 2.38. The van der Waals surface area contributed by atoms with Crippen LogP contribution in [0.3, 0.4) is 0 Å². The zero-order valence-corrected chi connectivity index (χ0v) is 10.6. The molecule has 0 fully saturated rings. The zero-order valence-electron chi connectivity index (χ0n) is 9.83. The van der Waals surface area contributed by atoms with Gasteiger partial charge in [0.2, 0.25) is 0 Å². The molecule has 0 aliphatic rings. The van der Waals surface area contributed by atoms with Gasteiger partial charge in [-0.3, -0.25) is 4.79 Å². The number of ketones is 1. The van der Waals surface area contributed by atoms with Crippen LogP contribution in [0.25, 0.3) is 0 Å². The first-order chi connectivity index (χ1) is 8.48. The van der Waals surface area contributed by atoms with E-state index < -0.39 is 9.84 Å². The molecule has 18 heavy (non-hydrogen) atoms. The number of hydrogen-bond donors (Lipinski definition) is 0. The number of carbonyl (C=O) groups excluding carboxylic acids is 1. The minimum absolute atomic E-state index is 0.115. The Labute approximate surface area is 106 Å². The Hall–Kier alpha value is -1.94. The maximum absolute atomic E-state index is 12.1. The van der Waals surface area contributed by atoms with Crippen molar-refractivity contribution in [3.63, 3.8) is 0 Å². The Morgan fingerprint density at radius 1 is 0.833 bits per heavy atom. The first-order valence-corrected chi connectivity index (χ1v) is 7.27. The molecule has 92 valence electrons. The van der Waals surface area contributed by atoms with Gasteiger partial charge in [0.1, 0.15) is 0 Å². The van der Waals surface area contributed by atoms with Crippen LogP contribution < -0.4 is 0 Å². The molecule has 0 atom stereocenters. The lowest BCUT2D eigenvalue weighted by molar-refractivity contribution is 0.103. The van der Waals surface area contributed by atoms with E-state index in [9.17, 15) is 13.2 Å². The Morgan fingerprint density at radius 3 is 1.83 bits per heavy atom. The molecule has 0 saturated carbocycles. The van der Waals surface area contributed by atoms with Crippen LogP contribution in [0.5, 0.6) is 0 Å². The molecule has 0 bridgehead atoms. The average molecular weight is 260 g/mol. The predicted octanol–water partition coefficient (Wildman–Crippen LogP) is 2.32. The Balaban J connectivity index is 2.34. The monoisotopic (exact) mass is 260 g/mol. The van der Waals surface area contributed by atoms with Crippen LogP contribution in [-0.4, -0.2) is 20.5 Å². The third-order valence-electron chi connectivity index (χ3n) is 2.58. The van der Waals surface area contributed by atoms with E-state index in [2.05, 4.69) is 0 Å². The molecule has 0 amide bonds. The summed E-state index contributed by atoms with van der Waals surface area (Å²) in [6.07, 6.45) is 1.14. The van der Waals surface area contributed by atoms with E-state index in [0.717, 1.165) is 6.26 Å². The molecule has 0 aromatic heterocycles. The maximum Gasteiger partial charge on any atom is 0.193 e. The second-order valence-electron chi connectivity index (χ2n) is 3.99. The molecule has 4 heteroatoms. The minimum atomic E-state index is -3.22. The lowest BCUT2D eigenvalue weighted by Gasteiger charge is -2.02. The molecule has 0 spiro atoms. The Kier molecular flexibility index (Phi) is 3.30. The van der Waals surface area contributed by atoms with Gasteiger partial charge in [0, 0.05) is 17.4 Å². The fraction of sp³-hybridized carbons (Fsp3) is 0.0714. The highest BCUT2D eigenvalue weighted by atomic mass is 32.2. The van der Waals surface area contributed by atoms with Crippen LogP contribution in [0.1, 0.15) is 15.9 Å². The van der Waals surface area contributed by atoms with Crippen LogP contribution in [0, 0.1) is 0 Å². The molecule has 2 aromatic carbocycles. The van der Waals surface area contributed by atoms with Gasteiger partial charge in [-0.05, 0) is 24.3 Å². The van der Waals surface area contributed by atoms with Crippen molar-refractivity contribution in [2.24, 2.45) is 0 Å². The Bertz CT molecular complexity index is 656. The van der Waals surface area contributed by atoms with Gasteiger partial charge < -0.3 is 0 Å². The van der Waals surface area contributed by atoms with Crippen LogP contribution in [0.15, 0.2) is 59.5 Å². The zero-order chi connectivity index (χ0) is 13.2. The molecule has 2 rings (SSSR count). The van der Waals surface area contributed by atoms with Gasteiger partial charge >= 0.3 is 0 Å². The first kappa shape index (κ1) is 12.5. The van der Waals surface area contributed by atoms with Crippen molar-refractivity contribution in [3.05, 3.63) is 65.7 Å². The molecule has 0 heterocycles. The van der Waals surface area contributed by atoms with Crippen molar-refractivity contribution in [2.45, 2.75) is 4.90 Å². The molecule has 0 unspecified atom stereocenters. The number of sulfone groups is 1. The van der Waals surface area contributed by atoms with Gasteiger partial charge in [-0.1, -0.05) is 30.3 Å². The molecule has 0 aliphatic carbocycles. The van der Waals surface area contributed by atoms with E-state index in [1.165, 1.54) is 24.3 Å². The summed E-state index contributed by atoms with van der Waals surface area (Å²) < 4.78 is 22.6. The van der Waals surface area contributed by atoms with Crippen molar-refractivity contribution in [3.8, 4) is 0 Å². The standard InChI is InChI=1S/C14H12O3S/c1-18(16,17)13-9-7-12(8-10-13)14(15)11-5-3-2-4-6-11/h2-10H,1H3. The third kappa shape index (κ3) is 2.65. The number of benzene rings is 2. The van der Waals surface area contributed by atoms with Crippen molar-refractivity contribution < 1.29 is 13.2 Å². The molecule has 2 aromatic rings. The van der Waals surface area contributed by atoms with E-state index in [4.69, 9.17) is 0 Å². The normalized spacial score (nSPS) is 11.2. The van der Waals surface area contributed by atoms with Crippen molar-refractivity contribution in [1.82, 2.24) is 0 Å². The van der Waals surface area contributed by atoms with E-state index in [-0.39, 0.29) is 10.7 Å². The summed E-state index contributed by atoms with van der Waals surface area (Å²) in [5.41, 5.74) is 1.07. The molecule has 0 aliphatic heterocycles. The van der Waals surface area contributed by atoms with Gasteiger partial charge in [0.25, 0.3) is 0 Å². The quantitative estimate of drug-likeness (QED) is 0.796. The van der Waals surface area contributed by atoms with E-state index in [0.29, 0.717) is 11.1 Å². The van der Waals surface area contributed by atoms with Gasteiger partial charge in [0.05, 0.1) is 4.90 Å². The highest BCUT2D eigenvalue weighted by molar-refractivity contribution is 7.90. The van der Waals surface area contributed by atoms with Crippen LogP contribution >= 0.6 is 0 Å². The van der Waals surface area contributed by atoms with Crippen LogP contribution in [-0.2, 0) is 9.84 Å². The van der Waals surface area contributed by atoms with E-state index >= 15 is 0 Å². The molecule has 3 nitrogen and oxygen atoms in total. The van der Waals surface area contributed by atoms with Gasteiger partial charge in [-0.2, -0.15) is 0 Å². The van der Waals surface area contributed by atoms with Gasteiger partial charge in [-0.15, -0.1) is 0 Å². The second kappa shape index (κ2) is 4.74. The first-order valence-electron chi connectivity index (χ1n) is 5.38. The summed E-state index contributed by atoms with van der Waals surface area (Å²) in [4.78, 5) is 12.3. The van der Waals surface area contributed by atoms with E-state index in [1.54, 1.807) is 24.3 Å². The number of carbonyl (C=O) groups is 1. The number of hydrogen-bond acceptors (Lipinski definition) is 3. The predicted molar refractivity (Wildman–Crippen MR) is 69.4 cm³/mol. The van der Waals surface area contributed by atoms with Crippen LogP contribution in [0.2, 0.25) is 0 Å². The summed E-state index contributed by atoms with van der Waals surface area (Å²) in [6.45, 7) is 0. The summed E-state index contributed by atoms with van der Waals surface area (Å²) in [5, 5.41) is 0. The molecule has 0 saturated heterocycles. The lowest BCUT2D eigenvalue weighted by atomic mass is 10.0. The van der Waals surface area contributed by atoms with Crippen molar-refractivity contribution >= 4 is 15.6 Å². The molecular weight excluding hydrogens is 248 g/mol. The van der Waals surface area contributed by atoms with Crippen LogP contribution in [0.4, 0.5) is 0 Å². The second-order valence-corrected chi connectivity index (χ2v) is 6.01. The van der Waals surface area contributed by atoms with E-state index in [1.807, 2.05) is 6.07 Å². The van der Waals surface area contributed by atoms with Gasteiger partial charge in [-0.25, -0.2) is 8.42 Å². The molecule has 0 radical (unpaired) electrons. The Morgan fingerprint density at radius 2 is 1.33 bits per heavy atom. The lowest BCUT2D eigenvalue weighted by Crippen LogP contribution is -2.02. The highest BCUT2D eigenvalue weighted by Gasteiger charge is 2.11. The number of rotatable bonds is 3. The maximum atomic E-state index is 12.1. The third-order valence-corrected chi connectivity index (χ3v) is 3.71. The topological polar surface area (TPSA) is 51.2 Å². The largest absolute Gasteiger partial charge is 0.289 e. The highest BCUT2D eigenvalue weighted by Crippen LogP contribution is 2.13. The summed E-state index contributed by atoms with van der Waals surface area (Å²) >= 11 is 0. The summed E-state index contributed by atoms with van der Waals surface area (Å²) in [6, 6.07) is 14.8. The molecular formula is C14H12O3S. The smallest absolute Gasteiger partial charge is 0.193 e.